The molecule has 0 fully saturated rings. The molecule has 0 saturated heterocycles. The van der Waals surface area contributed by atoms with Crippen LogP contribution in [0.2, 0.25) is 0 Å². The first-order chi connectivity index (χ1) is 6.65. The summed E-state index contributed by atoms with van der Waals surface area (Å²) in [5.74, 6) is 0.783. The third-order valence-electron chi connectivity index (χ3n) is 2.59. The molecule has 0 aromatic heterocycles. The zero-order chi connectivity index (χ0) is 10.6. The lowest BCUT2D eigenvalue weighted by atomic mass is 10.00. The lowest BCUT2D eigenvalue weighted by molar-refractivity contribution is 0.330. The van der Waals surface area contributed by atoms with Crippen molar-refractivity contribution in [2.75, 3.05) is 20.1 Å². The minimum atomic E-state index is 0.376. The van der Waals surface area contributed by atoms with Crippen molar-refractivity contribution in [1.82, 2.24) is 4.90 Å². The van der Waals surface area contributed by atoms with Gasteiger partial charge in [0.2, 0.25) is 0 Å². The molecule has 0 unspecified atom stereocenters. The molecule has 0 spiro atoms. The summed E-state index contributed by atoms with van der Waals surface area (Å²) in [7, 11) is 2.09. The van der Waals surface area contributed by atoms with Crippen LogP contribution in [-0.2, 0) is 0 Å². The molecular formula is C12H19NO. The third-order valence-corrected chi connectivity index (χ3v) is 2.59. The summed E-state index contributed by atoms with van der Waals surface area (Å²) in [5, 5.41) is 9.65. The van der Waals surface area contributed by atoms with Gasteiger partial charge in [0.05, 0.1) is 0 Å². The number of nitrogens with zero attached hydrogens (tertiary/aromatic N) is 1. The highest BCUT2D eigenvalue weighted by molar-refractivity contribution is 5.34. The zero-order valence-corrected chi connectivity index (χ0v) is 9.20. The minimum Gasteiger partial charge on any atom is -0.508 e. The Hall–Kier alpha value is -1.02. The van der Waals surface area contributed by atoms with Gasteiger partial charge in [-0.2, -0.15) is 0 Å². The van der Waals surface area contributed by atoms with Gasteiger partial charge in [0.1, 0.15) is 5.75 Å². The number of para-hydroxylation sites is 1. The van der Waals surface area contributed by atoms with E-state index in [2.05, 4.69) is 25.8 Å². The summed E-state index contributed by atoms with van der Waals surface area (Å²) >= 11 is 0. The number of likely N-dealkylation sites (N-methyl/N-ethyl adjacent to an activating group) is 1. The molecule has 1 aromatic rings. The number of hydrogen-bond acceptors (Lipinski definition) is 2. The summed E-state index contributed by atoms with van der Waals surface area (Å²) in [6.45, 7) is 6.30. The molecule has 0 aliphatic carbocycles. The topological polar surface area (TPSA) is 23.5 Å². The molecule has 1 aromatic carbocycles. The van der Waals surface area contributed by atoms with Gasteiger partial charge >= 0.3 is 0 Å². The molecule has 78 valence electrons. The lowest BCUT2D eigenvalue weighted by Gasteiger charge is -2.20. The van der Waals surface area contributed by atoms with Crippen LogP contribution in [0, 0.1) is 0 Å². The van der Waals surface area contributed by atoms with Crippen LogP contribution in [0.3, 0.4) is 0 Å². The van der Waals surface area contributed by atoms with E-state index < -0.39 is 0 Å². The van der Waals surface area contributed by atoms with Crippen molar-refractivity contribution in [2.24, 2.45) is 0 Å². The van der Waals surface area contributed by atoms with Crippen molar-refractivity contribution in [3.05, 3.63) is 29.8 Å². The van der Waals surface area contributed by atoms with Gasteiger partial charge in [-0.1, -0.05) is 32.0 Å². The van der Waals surface area contributed by atoms with Gasteiger partial charge in [0.25, 0.3) is 0 Å². The molecule has 14 heavy (non-hydrogen) atoms. The summed E-state index contributed by atoms with van der Waals surface area (Å²) in [6, 6.07) is 7.56. The smallest absolute Gasteiger partial charge is 0.119 e. The summed E-state index contributed by atoms with van der Waals surface area (Å²) in [5.41, 5.74) is 1.04. The van der Waals surface area contributed by atoms with Crippen LogP contribution in [0.25, 0.3) is 0 Å². The van der Waals surface area contributed by atoms with Gasteiger partial charge < -0.3 is 10.0 Å². The Balaban J connectivity index is 2.69. The molecule has 0 heterocycles. The van der Waals surface area contributed by atoms with E-state index in [4.69, 9.17) is 0 Å². The quantitative estimate of drug-likeness (QED) is 0.794. The molecule has 1 rings (SSSR count). The van der Waals surface area contributed by atoms with Gasteiger partial charge in [0.15, 0.2) is 0 Å². The Morgan fingerprint density at radius 1 is 1.36 bits per heavy atom. The van der Waals surface area contributed by atoms with Crippen molar-refractivity contribution >= 4 is 0 Å². The maximum absolute atomic E-state index is 9.65. The lowest BCUT2D eigenvalue weighted by Crippen LogP contribution is -2.22. The van der Waals surface area contributed by atoms with Gasteiger partial charge in [-0.3, -0.25) is 0 Å². The molecule has 0 bridgehead atoms. The molecule has 0 radical (unpaired) electrons. The van der Waals surface area contributed by atoms with E-state index in [1.165, 1.54) is 0 Å². The second kappa shape index (κ2) is 5.01. The fourth-order valence-corrected chi connectivity index (χ4v) is 1.60. The van der Waals surface area contributed by atoms with Crippen LogP contribution in [0.4, 0.5) is 0 Å². The first-order valence-electron chi connectivity index (χ1n) is 5.11. The van der Waals surface area contributed by atoms with Crippen molar-refractivity contribution < 1.29 is 5.11 Å². The Morgan fingerprint density at radius 2 is 2.00 bits per heavy atom. The second-order valence-corrected chi connectivity index (χ2v) is 3.81. The molecular weight excluding hydrogens is 174 g/mol. The number of hydrogen-bond donors (Lipinski definition) is 1. The maximum atomic E-state index is 9.65. The van der Waals surface area contributed by atoms with Crippen molar-refractivity contribution in [1.29, 1.82) is 0 Å². The van der Waals surface area contributed by atoms with Gasteiger partial charge in [-0.15, -0.1) is 0 Å². The van der Waals surface area contributed by atoms with Crippen LogP contribution in [-0.4, -0.2) is 30.1 Å². The second-order valence-electron chi connectivity index (χ2n) is 3.81. The normalized spacial score (nSPS) is 13.1. The van der Waals surface area contributed by atoms with Crippen LogP contribution < -0.4 is 0 Å². The SMILES string of the molecule is CCN(C)C[C@H](C)c1ccccc1O. The monoisotopic (exact) mass is 193 g/mol. The fraction of sp³-hybridized carbons (Fsp3) is 0.500. The van der Waals surface area contributed by atoms with Crippen LogP contribution >= 0.6 is 0 Å². The number of benzene rings is 1. The summed E-state index contributed by atoms with van der Waals surface area (Å²) in [6.07, 6.45) is 0. The highest BCUT2D eigenvalue weighted by Crippen LogP contribution is 2.25. The Morgan fingerprint density at radius 3 is 2.57 bits per heavy atom. The zero-order valence-electron chi connectivity index (χ0n) is 9.20. The van der Waals surface area contributed by atoms with E-state index in [-0.39, 0.29) is 0 Å². The number of rotatable bonds is 4. The third kappa shape index (κ3) is 2.74. The molecule has 2 nitrogen and oxygen atoms in total. The largest absolute Gasteiger partial charge is 0.508 e. The molecule has 1 N–H and O–H groups in total. The minimum absolute atomic E-state index is 0.376. The standard InChI is InChI=1S/C12H19NO/c1-4-13(3)9-10(2)11-7-5-6-8-12(11)14/h5-8,10,14H,4,9H2,1-3H3/t10-/m0/s1. The summed E-state index contributed by atoms with van der Waals surface area (Å²) in [4.78, 5) is 2.25. The Kier molecular flexibility index (Phi) is 3.96. The predicted molar refractivity (Wildman–Crippen MR) is 59.7 cm³/mol. The van der Waals surface area contributed by atoms with E-state index in [0.717, 1.165) is 18.7 Å². The molecule has 0 aliphatic heterocycles. The van der Waals surface area contributed by atoms with E-state index in [0.29, 0.717) is 11.7 Å². The number of phenolic OH excluding ortho intramolecular Hbond substituents is 1. The molecule has 0 aliphatic rings. The number of phenols is 1. The molecule has 0 saturated carbocycles. The first kappa shape index (κ1) is 11.1. The van der Waals surface area contributed by atoms with Crippen LogP contribution in [0.5, 0.6) is 5.75 Å². The predicted octanol–water partition coefficient (Wildman–Crippen LogP) is 2.45. The maximum Gasteiger partial charge on any atom is 0.119 e. The first-order valence-corrected chi connectivity index (χ1v) is 5.11. The molecule has 2 heteroatoms. The number of aromatic hydroxyl groups is 1. The van der Waals surface area contributed by atoms with Gasteiger partial charge in [-0.25, -0.2) is 0 Å². The fourth-order valence-electron chi connectivity index (χ4n) is 1.60. The van der Waals surface area contributed by atoms with Crippen molar-refractivity contribution in [3.63, 3.8) is 0 Å². The van der Waals surface area contributed by atoms with Crippen LogP contribution in [0.15, 0.2) is 24.3 Å². The average molecular weight is 193 g/mol. The van der Waals surface area contributed by atoms with E-state index in [1.807, 2.05) is 18.2 Å². The highest BCUT2D eigenvalue weighted by atomic mass is 16.3. The van der Waals surface area contributed by atoms with Crippen molar-refractivity contribution in [2.45, 2.75) is 19.8 Å². The van der Waals surface area contributed by atoms with Gasteiger partial charge in [-0.05, 0) is 31.1 Å². The summed E-state index contributed by atoms with van der Waals surface area (Å²) < 4.78 is 0. The Bertz CT molecular complexity index is 285. The van der Waals surface area contributed by atoms with Gasteiger partial charge in [0, 0.05) is 6.54 Å². The average Bonchev–Trinajstić information content (AvgIpc) is 2.18. The van der Waals surface area contributed by atoms with E-state index >= 15 is 0 Å². The van der Waals surface area contributed by atoms with Crippen LogP contribution in [0.1, 0.15) is 25.3 Å². The molecule has 0 amide bonds. The molecule has 1 atom stereocenters. The van der Waals surface area contributed by atoms with Crippen molar-refractivity contribution in [3.8, 4) is 5.75 Å². The highest BCUT2D eigenvalue weighted by Gasteiger charge is 2.10. The Labute approximate surface area is 86.2 Å². The van der Waals surface area contributed by atoms with E-state index in [1.54, 1.807) is 6.07 Å². The van der Waals surface area contributed by atoms with E-state index in [9.17, 15) is 5.11 Å².